The van der Waals surface area contributed by atoms with E-state index in [0.717, 1.165) is 43.0 Å². The highest BCUT2D eigenvalue weighted by Crippen LogP contribution is 2.28. The van der Waals surface area contributed by atoms with Crippen molar-refractivity contribution in [2.75, 3.05) is 0 Å². The van der Waals surface area contributed by atoms with Crippen LogP contribution in [0.4, 0.5) is 4.79 Å². The molecule has 1 aliphatic heterocycles. The molecule has 0 atom stereocenters. The summed E-state index contributed by atoms with van der Waals surface area (Å²) >= 11 is 0. The lowest BCUT2D eigenvalue weighted by Crippen LogP contribution is -2.58. The van der Waals surface area contributed by atoms with Gasteiger partial charge in [-0.1, -0.05) is 37.5 Å². The molecule has 1 saturated heterocycles. The average Bonchev–Trinajstić information content (AvgIpc) is 3.04. The summed E-state index contributed by atoms with van der Waals surface area (Å²) in [6, 6.07) is 8.80. The Bertz CT molecular complexity index is 1040. The molecule has 1 aromatic carbocycles. The van der Waals surface area contributed by atoms with Gasteiger partial charge in [0, 0.05) is 28.7 Å². The van der Waals surface area contributed by atoms with E-state index < -0.39 is 17.8 Å². The first-order valence-corrected chi connectivity index (χ1v) is 9.45. The summed E-state index contributed by atoms with van der Waals surface area (Å²) in [6.07, 6.45) is 7.84. The van der Waals surface area contributed by atoms with E-state index >= 15 is 0 Å². The number of barbiturate groups is 1. The highest BCUT2D eigenvalue weighted by Gasteiger charge is 2.40. The van der Waals surface area contributed by atoms with Crippen molar-refractivity contribution in [2.24, 2.45) is 0 Å². The normalized spacial score (nSPS) is 19.9. The van der Waals surface area contributed by atoms with Gasteiger partial charge in [0.1, 0.15) is 12.1 Å². The molecule has 2 heterocycles. The zero-order chi connectivity index (χ0) is 19.7. The van der Waals surface area contributed by atoms with E-state index in [0.29, 0.717) is 5.56 Å². The van der Waals surface area contributed by atoms with Gasteiger partial charge in [-0.25, -0.2) is 4.79 Å². The molecule has 0 spiro atoms. The maximum atomic E-state index is 13.0. The maximum absolute atomic E-state index is 13.0. The fourth-order valence-electron chi connectivity index (χ4n) is 4.09. The Labute approximate surface area is 162 Å². The van der Waals surface area contributed by atoms with Crippen LogP contribution in [-0.2, 0) is 16.1 Å². The molecule has 2 aliphatic rings. The van der Waals surface area contributed by atoms with Crippen LogP contribution in [0.2, 0.25) is 0 Å². The quantitative estimate of drug-likeness (QED) is 0.658. The third kappa shape index (κ3) is 3.07. The SMILES string of the molecule is N#CCn1cc(C=C2C(=O)NC(=O)N(C3CCCCC3)C2=O)c2ccccc21. The Morgan fingerprint density at radius 1 is 1.14 bits per heavy atom. The summed E-state index contributed by atoms with van der Waals surface area (Å²) in [7, 11) is 0. The third-order valence-corrected chi connectivity index (χ3v) is 5.43. The molecule has 1 N–H and O–H groups in total. The lowest BCUT2D eigenvalue weighted by atomic mass is 9.93. The molecule has 7 nitrogen and oxygen atoms in total. The summed E-state index contributed by atoms with van der Waals surface area (Å²) in [5.74, 6) is -1.23. The second kappa shape index (κ2) is 7.31. The van der Waals surface area contributed by atoms with Crippen molar-refractivity contribution >= 4 is 34.8 Å². The van der Waals surface area contributed by atoms with Crippen molar-refractivity contribution in [3.8, 4) is 6.07 Å². The Morgan fingerprint density at radius 3 is 2.64 bits per heavy atom. The molecule has 0 unspecified atom stereocenters. The molecule has 2 fully saturated rings. The molecule has 0 bridgehead atoms. The summed E-state index contributed by atoms with van der Waals surface area (Å²) in [5, 5.41) is 12.2. The minimum absolute atomic E-state index is 0.0509. The number of carbonyl (C=O) groups is 3. The molecule has 7 heteroatoms. The minimum atomic E-state index is -0.681. The second-order valence-corrected chi connectivity index (χ2v) is 7.17. The largest absolute Gasteiger partial charge is 0.333 e. The van der Waals surface area contributed by atoms with Crippen LogP contribution in [0, 0.1) is 11.3 Å². The van der Waals surface area contributed by atoms with Crippen molar-refractivity contribution in [2.45, 2.75) is 44.7 Å². The van der Waals surface area contributed by atoms with Gasteiger partial charge in [-0.2, -0.15) is 5.26 Å². The fraction of sp³-hybridized carbons (Fsp3) is 0.333. The highest BCUT2D eigenvalue weighted by atomic mass is 16.2. The topological polar surface area (TPSA) is 95.2 Å². The number of para-hydroxylation sites is 1. The van der Waals surface area contributed by atoms with Crippen LogP contribution in [0.25, 0.3) is 17.0 Å². The van der Waals surface area contributed by atoms with Gasteiger partial charge in [-0.3, -0.25) is 19.8 Å². The first-order valence-electron chi connectivity index (χ1n) is 9.45. The monoisotopic (exact) mass is 376 g/mol. The van der Waals surface area contributed by atoms with E-state index in [4.69, 9.17) is 5.26 Å². The average molecular weight is 376 g/mol. The van der Waals surface area contributed by atoms with Gasteiger partial charge in [0.25, 0.3) is 11.8 Å². The number of benzene rings is 1. The summed E-state index contributed by atoms with van der Waals surface area (Å²) in [4.78, 5) is 39.0. The van der Waals surface area contributed by atoms with Gasteiger partial charge < -0.3 is 4.57 Å². The second-order valence-electron chi connectivity index (χ2n) is 7.17. The molecular formula is C21H20N4O3. The lowest BCUT2D eigenvalue weighted by molar-refractivity contribution is -0.132. The standard InChI is InChI=1S/C21H20N4O3/c22-10-11-24-13-14(16-8-4-5-9-18(16)24)12-17-19(26)23-21(28)25(20(17)27)15-6-2-1-3-7-15/h4-5,8-9,12-13,15H,1-3,6-7,11H2,(H,23,26,28). The Hall–Kier alpha value is -3.40. The number of hydrogen-bond acceptors (Lipinski definition) is 4. The molecule has 4 rings (SSSR count). The smallest absolute Gasteiger partial charge is 0.331 e. The van der Waals surface area contributed by atoms with Crippen molar-refractivity contribution in [1.29, 1.82) is 5.26 Å². The molecule has 1 saturated carbocycles. The number of fused-ring (bicyclic) bond motifs is 1. The predicted octanol–water partition coefficient (Wildman–Crippen LogP) is 2.96. The number of hydrogen-bond donors (Lipinski definition) is 1. The van der Waals surface area contributed by atoms with E-state index in [2.05, 4.69) is 11.4 Å². The van der Waals surface area contributed by atoms with Crippen LogP contribution in [-0.4, -0.2) is 33.4 Å². The Balaban J connectivity index is 1.75. The number of aromatic nitrogens is 1. The maximum Gasteiger partial charge on any atom is 0.331 e. The van der Waals surface area contributed by atoms with E-state index in [1.807, 2.05) is 24.3 Å². The van der Waals surface area contributed by atoms with Crippen LogP contribution in [0.5, 0.6) is 0 Å². The van der Waals surface area contributed by atoms with Crippen LogP contribution in [0.3, 0.4) is 0 Å². The number of nitrogens with one attached hydrogen (secondary N) is 1. The molecular weight excluding hydrogens is 356 g/mol. The van der Waals surface area contributed by atoms with Gasteiger partial charge in [-0.05, 0) is 25.0 Å². The first-order chi connectivity index (χ1) is 13.6. The van der Waals surface area contributed by atoms with E-state index in [9.17, 15) is 14.4 Å². The summed E-state index contributed by atoms with van der Waals surface area (Å²) < 4.78 is 1.77. The Kier molecular flexibility index (Phi) is 4.70. The van der Waals surface area contributed by atoms with Crippen molar-refractivity contribution < 1.29 is 14.4 Å². The van der Waals surface area contributed by atoms with E-state index in [1.165, 1.54) is 11.0 Å². The van der Waals surface area contributed by atoms with Crippen molar-refractivity contribution in [1.82, 2.24) is 14.8 Å². The molecule has 1 aliphatic carbocycles. The van der Waals surface area contributed by atoms with Crippen molar-refractivity contribution in [3.05, 3.63) is 41.6 Å². The summed E-state index contributed by atoms with van der Waals surface area (Å²) in [6.45, 7) is 0.163. The molecule has 4 amide bonds. The van der Waals surface area contributed by atoms with Gasteiger partial charge in [0.05, 0.1) is 6.07 Å². The molecule has 142 valence electrons. The number of rotatable bonds is 3. The number of imide groups is 2. The highest BCUT2D eigenvalue weighted by molar-refractivity contribution is 6.31. The van der Waals surface area contributed by atoms with Crippen LogP contribution >= 0.6 is 0 Å². The van der Waals surface area contributed by atoms with E-state index in [1.54, 1.807) is 10.8 Å². The third-order valence-electron chi connectivity index (χ3n) is 5.43. The lowest BCUT2D eigenvalue weighted by Gasteiger charge is -2.35. The summed E-state index contributed by atoms with van der Waals surface area (Å²) in [5.41, 5.74) is 1.46. The number of nitriles is 1. The zero-order valence-electron chi connectivity index (χ0n) is 15.4. The number of carbonyl (C=O) groups excluding carboxylic acids is 3. The predicted molar refractivity (Wildman–Crippen MR) is 103 cm³/mol. The molecule has 2 aromatic rings. The van der Waals surface area contributed by atoms with Gasteiger partial charge in [-0.15, -0.1) is 0 Å². The number of nitrogens with zero attached hydrogens (tertiary/aromatic N) is 3. The van der Waals surface area contributed by atoms with E-state index in [-0.39, 0.29) is 18.2 Å². The minimum Gasteiger partial charge on any atom is -0.333 e. The van der Waals surface area contributed by atoms with Crippen LogP contribution in [0.1, 0.15) is 37.7 Å². The fourth-order valence-corrected chi connectivity index (χ4v) is 4.09. The molecule has 1 aromatic heterocycles. The first kappa shape index (κ1) is 18.0. The number of amides is 4. The molecule has 28 heavy (non-hydrogen) atoms. The Morgan fingerprint density at radius 2 is 1.89 bits per heavy atom. The van der Waals surface area contributed by atoms with Crippen LogP contribution < -0.4 is 5.32 Å². The van der Waals surface area contributed by atoms with Gasteiger partial charge in [0.2, 0.25) is 0 Å². The number of urea groups is 1. The van der Waals surface area contributed by atoms with Crippen molar-refractivity contribution in [3.63, 3.8) is 0 Å². The van der Waals surface area contributed by atoms with Crippen LogP contribution in [0.15, 0.2) is 36.0 Å². The van der Waals surface area contributed by atoms with Gasteiger partial charge in [0.15, 0.2) is 0 Å². The van der Waals surface area contributed by atoms with Gasteiger partial charge >= 0.3 is 6.03 Å². The zero-order valence-corrected chi connectivity index (χ0v) is 15.4. The molecule has 0 radical (unpaired) electrons.